The summed E-state index contributed by atoms with van der Waals surface area (Å²) >= 11 is 3.28. The molecule has 2 aliphatic rings. The molecule has 78 valence electrons. The van der Waals surface area contributed by atoms with E-state index in [1.54, 1.807) is 0 Å². The molecule has 0 heterocycles. The van der Waals surface area contributed by atoms with Crippen molar-refractivity contribution in [3.8, 4) is 11.8 Å². The molecule has 2 saturated carbocycles. The standard InChI is InChI=1S/C12H17BrO/c13-10-4-7-12(14)9-8-11(12)5-2-1-3-6-11/h14H,1-3,5-6,8-10H2. The first kappa shape index (κ1) is 10.5. The molecule has 2 heteroatoms. The van der Waals surface area contributed by atoms with Gasteiger partial charge in [-0.3, -0.25) is 0 Å². The number of hydrogen-bond donors (Lipinski definition) is 1. The molecule has 1 N–H and O–H groups in total. The fraction of sp³-hybridized carbons (Fsp3) is 0.833. The maximum atomic E-state index is 10.4. The van der Waals surface area contributed by atoms with Crippen LogP contribution in [0, 0.1) is 17.3 Å². The Bertz CT molecular complexity index is 270. The summed E-state index contributed by atoms with van der Waals surface area (Å²) in [5, 5.41) is 11.1. The Balaban J connectivity index is 2.12. The van der Waals surface area contributed by atoms with E-state index in [0.29, 0.717) is 5.33 Å². The van der Waals surface area contributed by atoms with Crippen LogP contribution in [0.1, 0.15) is 44.9 Å². The van der Waals surface area contributed by atoms with Crippen LogP contribution in [0.3, 0.4) is 0 Å². The van der Waals surface area contributed by atoms with Crippen LogP contribution in [0.2, 0.25) is 0 Å². The molecule has 1 spiro atoms. The molecule has 1 unspecified atom stereocenters. The lowest BCUT2D eigenvalue weighted by molar-refractivity contribution is -0.141. The summed E-state index contributed by atoms with van der Waals surface area (Å²) in [6.07, 6.45) is 8.31. The van der Waals surface area contributed by atoms with Crippen LogP contribution in [0.4, 0.5) is 0 Å². The predicted octanol–water partition coefficient (Wildman–Crippen LogP) is 2.86. The summed E-state index contributed by atoms with van der Waals surface area (Å²) < 4.78 is 0. The molecule has 0 aromatic heterocycles. The van der Waals surface area contributed by atoms with Crippen LogP contribution in [-0.4, -0.2) is 16.0 Å². The maximum absolute atomic E-state index is 10.4. The first-order valence-electron chi connectivity index (χ1n) is 5.51. The van der Waals surface area contributed by atoms with Gasteiger partial charge in [0.15, 0.2) is 0 Å². The number of aliphatic hydroxyl groups is 1. The molecule has 0 radical (unpaired) electrons. The molecule has 0 amide bonds. The molecule has 0 bridgehead atoms. The number of alkyl halides is 1. The highest BCUT2D eigenvalue weighted by Crippen LogP contribution is 2.58. The molecule has 0 aromatic carbocycles. The second-order valence-corrected chi connectivity index (χ2v) is 5.20. The van der Waals surface area contributed by atoms with Gasteiger partial charge in [0, 0.05) is 5.41 Å². The van der Waals surface area contributed by atoms with E-state index in [1.807, 2.05) is 0 Å². The fourth-order valence-electron chi connectivity index (χ4n) is 2.98. The van der Waals surface area contributed by atoms with Crippen molar-refractivity contribution in [3.05, 3.63) is 0 Å². The predicted molar refractivity (Wildman–Crippen MR) is 61.3 cm³/mol. The lowest BCUT2D eigenvalue weighted by Gasteiger charge is -2.55. The minimum absolute atomic E-state index is 0.167. The Kier molecular flexibility index (Phi) is 2.91. The van der Waals surface area contributed by atoms with E-state index in [2.05, 4.69) is 27.8 Å². The summed E-state index contributed by atoms with van der Waals surface area (Å²) in [5.41, 5.74) is -0.485. The molecule has 2 rings (SSSR count). The fourth-order valence-corrected chi connectivity index (χ4v) is 3.12. The van der Waals surface area contributed by atoms with Gasteiger partial charge in [-0.1, -0.05) is 47.0 Å². The monoisotopic (exact) mass is 256 g/mol. The molecule has 0 aromatic rings. The average molecular weight is 257 g/mol. The van der Waals surface area contributed by atoms with Gasteiger partial charge in [0.05, 0.1) is 5.33 Å². The van der Waals surface area contributed by atoms with Crippen LogP contribution in [0.25, 0.3) is 0 Å². The molecule has 1 atom stereocenters. The molecule has 0 saturated heterocycles. The smallest absolute Gasteiger partial charge is 0.131 e. The largest absolute Gasteiger partial charge is 0.377 e. The van der Waals surface area contributed by atoms with Gasteiger partial charge < -0.3 is 5.11 Å². The second kappa shape index (κ2) is 3.87. The zero-order valence-electron chi connectivity index (χ0n) is 8.48. The van der Waals surface area contributed by atoms with Gasteiger partial charge in [-0.05, 0) is 25.7 Å². The summed E-state index contributed by atoms with van der Waals surface area (Å²) in [7, 11) is 0. The molecular weight excluding hydrogens is 240 g/mol. The Morgan fingerprint density at radius 3 is 2.29 bits per heavy atom. The Morgan fingerprint density at radius 2 is 1.79 bits per heavy atom. The van der Waals surface area contributed by atoms with Crippen molar-refractivity contribution in [2.75, 3.05) is 5.33 Å². The van der Waals surface area contributed by atoms with Gasteiger partial charge in [0.25, 0.3) is 0 Å². The van der Waals surface area contributed by atoms with E-state index in [4.69, 9.17) is 0 Å². The first-order valence-corrected chi connectivity index (χ1v) is 6.63. The normalized spacial score (nSPS) is 34.4. The van der Waals surface area contributed by atoms with E-state index in [-0.39, 0.29) is 5.41 Å². The van der Waals surface area contributed by atoms with E-state index < -0.39 is 5.60 Å². The second-order valence-electron chi connectivity index (χ2n) is 4.64. The quantitative estimate of drug-likeness (QED) is 0.522. The zero-order chi connectivity index (χ0) is 10.1. The van der Waals surface area contributed by atoms with Crippen molar-refractivity contribution in [1.29, 1.82) is 0 Å². The highest BCUT2D eigenvalue weighted by molar-refractivity contribution is 9.09. The summed E-state index contributed by atoms with van der Waals surface area (Å²) in [5.74, 6) is 6.04. The molecule has 0 aliphatic heterocycles. The van der Waals surface area contributed by atoms with E-state index in [0.717, 1.165) is 6.42 Å². The molecule has 1 nitrogen and oxygen atoms in total. The Hall–Kier alpha value is 0. The zero-order valence-corrected chi connectivity index (χ0v) is 10.1. The SMILES string of the molecule is OC1(C#CCBr)CCC12CCCCC2. The van der Waals surface area contributed by atoms with Crippen molar-refractivity contribution in [3.63, 3.8) is 0 Å². The third-order valence-corrected chi connectivity index (χ3v) is 4.30. The minimum Gasteiger partial charge on any atom is -0.377 e. The van der Waals surface area contributed by atoms with E-state index in [1.165, 1.54) is 38.5 Å². The van der Waals surface area contributed by atoms with Crippen LogP contribution < -0.4 is 0 Å². The van der Waals surface area contributed by atoms with Gasteiger partial charge in [-0.15, -0.1) is 0 Å². The van der Waals surface area contributed by atoms with Gasteiger partial charge in [0.1, 0.15) is 5.60 Å². The lowest BCUT2D eigenvalue weighted by atomic mass is 9.51. The highest BCUT2D eigenvalue weighted by atomic mass is 79.9. The van der Waals surface area contributed by atoms with Crippen LogP contribution >= 0.6 is 15.9 Å². The minimum atomic E-state index is -0.652. The van der Waals surface area contributed by atoms with Crippen molar-refractivity contribution in [1.82, 2.24) is 0 Å². The van der Waals surface area contributed by atoms with Crippen LogP contribution in [0.5, 0.6) is 0 Å². The topological polar surface area (TPSA) is 20.2 Å². The van der Waals surface area contributed by atoms with Crippen molar-refractivity contribution >= 4 is 15.9 Å². The molecule has 2 aliphatic carbocycles. The Labute approximate surface area is 94.4 Å². The lowest BCUT2D eigenvalue weighted by Crippen LogP contribution is -2.57. The van der Waals surface area contributed by atoms with Gasteiger partial charge >= 0.3 is 0 Å². The van der Waals surface area contributed by atoms with E-state index >= 15 is 0 Å². The summed E-state index contributed by atoms with van der Waals surface area (Å²) in [6.45, 7) is 0. The number of halogens is 1. The third kappa shape index (κ3) is 1.51. The van der Waals surface area contributed by atoms with Crippen LogP contribution in [-0.2, 0) is 0 Å². The first-order chi connectivity index (χ1) is 6.72. The van der Waals surface area contributed by atoms with Gasteiger partial charge in [-0.2, -0.15) is 0 Å². The van der Waals surface area contributed by atoms with Crippen molar-refractivity contribution in [2.45, 2.75) is 50.5 Å². The molecule has 2 fully saturated rings. The highest BCUT2D eigenvalue weighted by Gasteiger charge is 2.57. The van der Waals surface area contributed by atoms with Gasteiger partial charge in [-0.25, -0.2) is 0 Å². The van der Waals surface area contributed by atoms with Gasteiger partial charge in [0.2, 0.25) is 0 Å². The summed E-state index contributed by atoms with van der Waals surface area (Å²) in [6, 6.07) is 0. The third-order valence-electron chi connectivity index (χ3n) is 4.02. The van der Waals surface area contributed by atoms with Crippen molar-refractivity contribution in [2.24, 2.45) is 5.41 Å². The number of hydrogen-bond acceptors (Lipinski definition) is 1. The summed E-state index contributed by atoms with van der Waals surface area (Å²) in [4.78, 5) is 0. The van der Waals surface area contributed by atoms with Crippen molar-refractivity contribution < 1.29 is 5.11 Å². The average Bonchev–Trinajstić information content (AvgIpc) is 2.25. The maximum Gasteiger partial charge on any atom is 0.131 e. The molecule has 14 heavy (non-hydrogen) atoms. The van der Waals surface area contributed by atoms with E-state index in [9.17, 15) is 5.11 Å². The number of rotatable bonds is 0. The molecular formula is C12H17BrO. The van der Waals surface area contributed by atoms with Crippen LogP contribution in [0.15, 0.2) is 0 Å². The Morgan fingerprint density at radius 1 is 1.07 bits per heavy atom.